The number of hydrogen-bond donors (Lipinski definition) is 5. The fourth-order valence-corrected chi connectivity index (χ4v) is 4.50. The Morgan fingerprint density at radius 2 is 1.96 bits per heavy atom. The summed E-state index contributed by atoms with van der Waals surface area (Å²) in [5, 5.41) is 19.7. The van der Waals surface area contributed by atoms with Gasteiger partial charge in [-0.05, 0) is 12.8 Å². The molecular formula is C15H26N4O5S. The fraction of sp³-hybridized carbons (Fsp3) is 0.800. The van der Waals surface area contributed by atoms with Gasteiger partial charge in [-0.15, -0.1) is 0 Å². The van der Waals surface area contributed by atoms with Crippen LogP contribution in [0.2, 0.25) is 0 Å². The molecule has 10 heteroatoms. The lowest BCUT2D eigenvalue weighted by Gasteiger charge is -2.16. The van der Waals surface area contributed by atoms with Crippen LogP contribution < -0.4 is 21.3 Å². The Kier molecular flexibility index (Phi) is 8.13. The van der Waals surface area contributed by atoms with E-state index in [4.69, 9.17) is 9.84 Å². The minimum Gasteiger partial charge on any atom is -0.465 e. The summed E-state index contributed by atoms with van der Waals surface area (Å²) in [6.07, 6.45) is 2.19. The van der Waals surface area contributed by atoms with Gasteiger partial charge in [-0.2, -0.15) is 11.8 Å². The molecule has 0 aromatic carbocycles. The molecule has 25 heavy (non-hydrogen) atoms. The molecule has 5 N–H and O–H groups in total. The van der Waals surface area contributed by atoms with Crippen LogP contribution in [-0.2, 0) is 9.53 Å². The van der Waals surface area contributed by atoms with Crippen LogP contribution in [0, 0.1) is 0 Å². The summed E-state index contributed by atoms with van der Waals surface area (Å²) >= 11 is 1.88. The summed E-state index contributed by atoms with van der Waals surface area (Å²) in [6, 6.07) is 0.399. The van der Waals surface area contributed by atoms with E-state index in [-0.39, 0.29) is 37.2 Å². The molecule has 2 heterocycles. The molecule has 2 rings (SSSR count). The van der Waals surface area contributed by atoms with Crippen LogP contribution in [-0.4, -0.2) is 72.5 Å². The number of unbranched alkanes of at least 4 members (excludes halogenated alkanes) is 1. The maximum absolute atomic E-state index is 11.7. The third-order valence-corrected chi connectivity index (χ3v) is 5.68. The maximum Gasteiger partial charge on any atom is 0.404 e. The van der Waals surface area contributed by atoms with Crippen molar-refractivity contribution in [3.8, 4) is 0 Å². The molecule has 2 fully saturated rings. The van der Waals surface area contributed by atoms with Crippen LogP contribution >= 0.6 is 11.8 Å². The van der Waals surface area contributed by atoms with E-state index < -0.39 is 6.09 Å². The third kappa shape index (κ3) is 6.99. The highest BCUT2D eigenvalue weighted by Gasteiger charge is 2.42. The minimum absolute atomic E-state index is 0.0000447. The Hall–Kier alpha value is -1.68. The van der Waals surface area contributed by atoms with E-state index in [1.165, 1.54) is 0 Å². The molecule has 0 radical (unpaired) electrons. The monoisotopic (exact) mass is 374 g/mol. The van der Waals surface area contributed by atoms with Crippen LogP contribution in [0.25, 0.3) is 0 Å². The first-order valence-electron chi connectivity index (χ1n) is 8.56. The SMILES string of the molecule is O=C(O)NCCOCCNC(=O)CCCC[C@@H]1SC[C@@H]2NC(=O)N[C@@H]21. The Balaban J connectivity index is 1.42. The van der Waals surface area contributed by atoms with Gasteiger partial charge in [0.15, 0.2) is 0 Å². The molecule has 0 bridgehead atoms. The topological polar surface area (TPSA) is 129 Å². The quantitative estimate of drug-likeness (QED) is 0.258. The van der Waals surface area contributed by atoms with Gasteiger partial charge in [0.05, 0.1) is 25.3 Å². The molecule has 2 saturated heterocycles. The first-order valence-corrected chi connectivity index (χ1v) is 9.61. The van der Waals surface area contributed by atoms with Crippen molar-refractivity contribution in [2.45, 2.75) is 43.0 Å². The largest absolute Gasteiger partial charge is 0.465 e. The maximum atomic E-state index is 11.7. The van der Waals surface area contributed by atoms with Gasteiger partial charge in [0.25, 0.3) is 0 Å². The highest BCUT2D eigenvalue weighted by atomic mass is 32.2. The molecule has 0 saturated carbocycles. The molecule has 142 valence electrons. The smallest absolute Gasteiger partial charge is 0.404 e. The molecule has 0 aliphatic carbocycles. The van der Waals surface area contributed by atoms with E-state index in [0.29, 0.717) is 24.8 Å². The Bertz CT molecular complexity index is 479. The number of urea groups is 1. The third-order valence-electron chi connectivity index (χ3n) is 4.17. The molecule has 0 unspecified atom stereocenters. The average molecular weight is 374 g/mol. The Morgan fingerprint density at radius 1 is 1.20 bits per heavy atom. The van der Waals surface area contributed by atoms with Gasteiger partial charge in [-0.3, -0.25) is 4.79 Å². The number of carboxylic acid groups (broad SMARTS) is 1. The molecule has 9 nitrogen and oxygen atoms in total. The van der Waals surface area contributed by atoms with Crippen LogP contribution in [0.4, 0.5) is 9.59 Å². The minimum atomic E-state index is -1.07. The summed E-state index contributed by atoms with van der Waals surface area (Å²) < 4.78 is 5.19. The zero-order valence-corrected chi connectivity index (χ0v) is 14.9. The molecule has 0 aromatic rings. The second-order valence-corrected chi connectivity index (χ2v) is 7.33. The zero-order valence-electron chi connectivity index (χ0n) is 14.1. The van der Waals surface area contributed by atoms with Crippen LogP contribution in [0.15, 0.2) is 0 Å². The number of carbonyl (C=O) groups excluding carboxylic acids is 2. The van der Waals surface area contributed by atoms with E-state index in [2.05, 4.69) is 21.3 Å². The highest BCUT2D eigenvalue weighted by molar-refractivity contribution is 8.00. The number of carbonyl (C=O) groups is 3. The normalized spacial score (nSPS) is 24.3. The number of thioether (sulfide) groups is 1. The number of hydrogen-bond acceptors (Lipinski definition) is 5. The van der Waals surface area contributed by atoms with E-state index in [1.807, 2.05) is 11.8 Å². The van der Waals surface area contributed by atoms with Gasteiger partial charge >= 0.3 is 12.1 Å². The molecule has 2 aliphatic heterocycles. The van der Waals surface area contributed by atoms with Crippen molar-refractivity contribution in [3.05, 3.63) is 0 Å². The van der Waals surface area contributed by atoms with Gasteiger partial charge < -0.3 is 31.1 Å². The fourth-order valence-electron chi connectivity index (χ4n) is 2.96. The first-order chi connectivity index (χ1) is 12.1. The standard InChI is InChI=1S/C15H26N4O5S/c20-12(16-5-7-24-8-6-17-15(22)23)4-2-1-3-11-13-10(9-25-11)18-14(21)19-13/h10-11,13,17H,1-9H2,(H,16,20)(H,22,23)(H2,18,19,21)/t10-,11-,13-/m0/s1. The second kappa shape index (κ2) is 10.3. The molecule has 2 aliphatic rings. The zero-order chi connectivity index (χ0) is 18.1. The van der Waals surface area contributed by atoms with Crippen LogP contribution in [0.5, 0.6) is 0 Å². The van der Waals surface area contributed by atoms with E-state index in [9.17, 15) is 14.4 Å². The summed E-state index contributed by atoms with van der Waals surface area (Å²) in [5.41, 5.74) is 0. The van der Waals surface area contributed by atoms with Crippen molar-refractivity contribution in [1.29, 1.82) is 0 Å². The van der Waals surface area contributed by atoms with Crippen molar-refractivity contribution in [1.82, 2.24) is 21.3 Å². The molecular weight excluding hydrogens is 348 g/mol. The van der Waals surface area contributed by atoms with E-state index in [1.54, 1.807) is 0 Å². The average Bonchev–Trinajstić information content (AvgIpc) is 3.10. The Morgan fingerprint density at radius 3 is 2.72 bits per heavy atom. The second-order valence-electron chi connectivity index (χ2n) is 6.06. The van der Waals surface area contributed by atoms with Crippen molar-refractivity contribution in [2.24, 2.45) is 0 Å². The Labute approximate surface area is 151 Å². The molecule has 0 aromatic heterocycles. The summed E-state index contributed by atoms with van der Waals surface area (Å²) in [6.45, 7) is 1.31. The predicted molar refractivity (Wildman–Crippen MR) is 93.8 cm³/mol. The number of ether oxygens (including phenoxy) is 1. The summed E-state index contributed by atoms with van der Waals surface area (Å²) in [7, 11) is 0. The van der Waals surface area contributed by atoms with Crippen molar-refractivity contribution in [2.75, 3.05) is 32.1 Å². The van der Waals surface area contributed by atoms with E-state index in [0.717, 1.165) is 25.0 Å². The number of nitrogens with one attached hydrogen (secondary N) is 4. The summed E-state index contributed by atoms with van der Waals surface area (Å²) in [5.74, 6) is 0.955. The number of rotatable bonds is 11. The van der Waals surface area contributed by atoms with Gasteiger partial charge in [0.2, 0.25) is 5.91 Å². The van der Waals surface area contributed by atoms with Gasteiger partial charge in [0, 0.05) is 30.5 Å². The van der Waals surface area contributed by atoms with Crippen molar-refractivity contribution in [3.63, 3.8) is 0 Å². The molecule has 0 spiro atoms. The van der Waals surface area contributed by atoms with Gasteiger partial charge in [0.1, 0.15) is 0 Å². The highest BCUT2D eigenvalue weighted by Crippen LogP contribution is 2.33. The lowest BCUT2D eigenvalue weighted by molar-refractivity contribution is -0.121. The molecule has 3 atom stereocenters. The van der Waals surface area contributed by atoms with Crippen LogP contribution in [0.1, 0.15) is 25.7 Å². The summed E-state index contributed by atoms with van der Waals surface area (Å²) in [4.78, 5) is 33.2. The van der Waals surface area contributed by atoms with E-state index >= 15 is 0 Å². The predicted octanol–water partition coefficient (Wildman–Crippen LogP) is 0.113. The van der Waals surface area contributed by atoms with Crippen molar-refractivity contribution < 1.29 is 24.2 Å². The molecule has 4 amide bonds. The van der Waals surface area contributed by atoms with Crippen LogP contribution in [0.3, 0.4) is 0 Å². The van der Waals surface area contributed by atoms with Crippen molar-refractivity contribution >= 4 is 29.8 Å². The number of fused-ring (bicyclic) bond motifs is 1. The lowest BCUT2D eigenvalue weighted by Crippen LogP contribution is -2.36. The lowest BCUT2D eigenvalue weighted by atomic mass is 10.0. The first kappa shape index (κ1) is 19.6. The van der Waals surface area contributed by atoms with Gasteiger partial charge in [-0.1, -0.05) is 6.42 Å². The van der Waals surface area contributed by atoms with Gasteiger partial charge in [-0.25, -0.2) is 9.59 Å². The number of amides is 4.